The molecule has 3 nitrogen and oxygen atoms in total. The Bertz CT molecular complexity index is 338. The van der Waals surface area contributed by atoms with Crippen molar-refractivity contribution in [2.45, 2.75) is 12.8 Å². The van der Waals surface area contributed by atoms with Crippen LogP contribution in [0.1, 0.15) is 28.8 Å². The Morgan fingerprint density at radius 3 is 2.53 bits per heavy atom. The number of carbonyl (C=O) groups excluding carboxylic acids is 1. The highest BCUT2D eigenvalue weighted by Gasteiger charge is 2.20. The second-order valence-electron chi connectivity index (χ2n) is 3.58. The number of hydrogen-bond donors (Lipinski definition) is 0. The smallest absolute Gasteiger partial charge is 0.338 e. The van der Waals surface area contributed by atoms with Crippen LogP contribution < -0.4 is 0 Å². The van der Waals surface area contributed by atoms with Crippen LogP contribution in [0.2, 0.25) is 0 Å². The number of ether oxygens (including phenoxy) is 2. The zero-order chi connectivity index (χ0) is 10.7. The van der Waals surface area contributed by atoms with E-state index in [1.165, 1.54) is 5.56 Å². The van der Waals surface area contributed by atoms with E-state index in [1.54, 1.807) is 6.92 Å². The molecule has 80 valence electrons. The number of benzene rings is 1. The molecule has 0 aromatic heterocycles. The molecule has 0 spiro atoms. The minimum atomic E-state index is -0.256. The van der Waals surface area contributed by atoms with Crippen molar-refractivity contribution < 1.29 is 14.3 Å². The van der Waals surface area contributed by atoms with Gasteiger partial charge in [-0.25, -0.2) is 4.79 Å². The first-order valence-electron chi connectivity index (χ1n) is 5.16. The van der Waals surface area contributed by atoms with E-state index in [-0.39, 0.29) is 5.97 Å². The molecule has 1 aliphatic rings. The lowest BCUT2D eigenvalue weighted by atomic mass is 9.97. The van der Waals surface area contributed by atoms with Gasteiger partial charge in [-0.1, -0.05) is 12.1 Å². The van der Waals surface area contributed by atoms with Crippen LogP contribution in [0.25, 0.3) is 0 Å². The van der Waals surface area contributed by atoms with E-state index in [1.807, 2.05) is 24.3 Å². The molecule has 0 radical (unpaired) electrons. The number of carbonyl (C=O) groups is 1. The molecule has 0 amide bonds. The molecule has 0 atom stereocenters. The molecule has 3 heteroatoms. The van der Waals surface area contributed by atoms with Crippen LogP contribution in [0.4, 0.5) is 0 Å². The Morgan fingerprint density at radius 2 is 2.07 bits per heavy atom. The molecule has 0 bridgehead atoms. The summed E-state index contributed by atoms with van der Waals surface area (Å²) in [7, 11) is 0. The molecule has 0 N–H and O–H groups in total. The minimum Gasteiger partial charge on any atom is -0.462 e. The quantitative estimate of drug-likeness (QED) is 0.709. The van der Waals surface area contributed by atoms with E-state index < -0.39 is 0 Å². The molecular formula is C12H14O3. The molecule has 1 heterocycles. The van der Waals surface area contributed by atoms with Gasteiger partial charge in [0.05, 0.1) is 25.4 Å². The van der Waals surface area contributed by atoms with Crippen molar-refractivity contribution in [2.24, 2.45) is 0 Å². The van der Waals surface area contributed by atoms with Crippen LogP contribution in [0.5, 0.6) is 0 Å². The largest absolute Gasteiger partial charge is 0.462 e. The maximum absolute atomic E-state index is 11.4. The molecule has 1 aromatic carbocycles. The molecule has 0 aliphatic carbocycles. The van der Waals surface area contributed by atoms with Crippen molar-refractivity contribution in [3.05, 3.63) is 35.4 Å². The lowest BCUT2D eigenvalue weighted by Gasteiger charge is -2.26. The number of rotatable bonds is 3. The standard InChI is InChI=1S/C12H14O3/c1-2-15-12(13)10-5-3-9(4-6-10)11-7-14-8-11/h3-6,11H,2,7-8H2,1H3. The molecular weight excluding hydrogens is 192 g/mol. The fourth-order valence-electron chi connectivity index (χ4n) is 1.53. The second kappa shape index (κ2) is 4.45. The Balaban J connectivity index is 2.06. The Hall–Kier alpha value is -1.35. The summed E-state index contributed by atoms with van der Waals surface area (Å²) in [5.41, 5.74) is 1.84. The molecule has 1 fully saturated rings. The SMILES string of the molecule is CCOC(=O)c1ccc(C2COC2)cc1. The van der Waals surface area contributed by atoms with Crippen molar-refractivity contribution in [2.75, 3.05) is 19.8 Å². The van der Waals surface area contributed by atoms with Gasteiger partial charge in [-0.15, -0.1) is 0 Å². The summed E-state index contributed by atoms with van der Waals surface area (Å²) in [6.07, 6.45) is 0. The normalized spacial score (nSPS) is 15.8. The van der Waals surface area contributed by atoms with Gasteiger partial charge in [-0.2, -0.15) is 0 Å². The van der Waals surface area contributed by atoms with Crippen LogP contribution in [-0.2, 0) is 9.47 Å². The summed E-state index contributed by atoms with van der Waals surface area (Å²) in [5, 5.41) is 0. The summed E-state index contributed by atoms with van der Waals surface area (Å²) in [5.74, 6) is 0.246. The predicted molar refractivity (Wildman–Crippen MR) is 56.0 cm³/mol. The van der Waals surface area contributed by atoms with Crippen LogP contribution in [0, 0.1) is 0 Å². The van der Waals surface area contributed by atoms with E-state index in [2.05, 4.69) is 0 Å². The molecule has 0 unspecified atom stereocenters. The van der Waals surface area contributed by atoms with Gasteiger partial charge < -0.3 is 9.47 Å². The van der Waals surface area contributed by atoms with Gasteiger partial charge in [0, 0.05) is 5.92 Å². The van der Waals surface area contributed by atoms with Crippen molar-refractivity contribution in [1.82, 2.24) is 0 Å². The Labute approximate surface area is 89.0 Å². The fraction of sp³-hybridized carbons (Fsp3) is 0.417. The summed E-state index contributed by atoms with van der Waals surface area (Å²) in [4.78, 5) is 11.4. The van der Waals surface area contributed by atoms with E-state index in [9.17, 15) is 4.79 Å². The first kappa shape index (κ1) is 10.2. The lowest BCUT2D eigenvalue weighted by Crippen LogP contribution is -2.25. The van der Waals surface area contributed by atoms with Gasteiger partial charge in [0.15, 0.2) is 0 Å². The maximum atomic E-state index is 11.4. The highest BCUT2D eigenvalue weighted by molar-refractivity contribution is 5.89. The van der Waals surface area contributed by atoms with Gasteiger partial charge in [-0.3, -0.25) is 0 Å². The van der Waals surface area contributed by atoms with Gasteiger partial charge >= 0.3 is 5.97 Å². The van der Waals surface area contributed by atoms with Crippen molar-refractivity contribution in [1.29, 1.82) is 0 Å². The Morgan fingerprint density at radius 1 is 1.40 bits per heavy atom. The van der Waals surface area contributed by atoms with E-state index in [4.69, 9.17) is 9.47 Å². The van der Waals surface area contributed by atoms with Gasteiger partial charge in [0.2, 0.25) is 0 Å². The van der Waals surface area contributed by atoms with Crippen LogP contribution in [-0.4, -0.2) is 25.8 Å². The molecule has 2 rings (SSSR count). The van der Waals surface area contributed by atoms with Gasteiger partial charge in [-0.05, 0) is 24.6 Å². The monoisotopic (exact) mass is 206 g/mol. The zero-order valence-corrected chi connectivity index (χ0v) is 8.73. The first-order chi connectivity index (χ1) is 7.31. The van der Waals surface area contributed by atoms with Gasteiger partial charge in [0.25, 0.3) is 0 Å². The van der Waals surface area contributed by atoms with Gasteiger partial charge in [0.1, 0.15) is 0 Å². The van der Waals surface area contributed by atoms with Crippen molar-refractivity contribution in [3.63, 3.8) is 0 Å². The average Bonchev–Trinajstić information content (AvgIpc) is 2.16. The number of esters is 1. The average molecular weight is 206 g/mol. The summed E-state index contributed by atoms with van der Waals surface area (Å²) >= 11 is 0. The third-order valence-electron chi connectivity index (χ3n) is 2.53. The first-order valence-corrected chi connectivity index (χ1v) is 5.16. The highest BCUT2D eigenvalue weighted by Crippen LogP contribution is 2.24. The molecule has 1 saturated heterocycles. The van der Waals surface area contributed by atoms with E-state index in [0.29, 0.717) is 18.1 Å². The zero-order valence-electron chi connectivity index (χ0n) is 8.73. The minimum absolute atomic E-state index is 0.256. The lowest BCUT2D eigenvalue weighted by molar-refractivity contribution is 0.00841. The summed E-state index contributed by atoms with van der Waals surface area (Å²) in [6, 6.07) is 7.57. The fourth-order valence-corrected chi connectivity index (χ4v) is 1.53. The van der Waals surface area contributed by atoms with Crippen LogP contribution in [0.3, 0.4) is 0 Å². The summed E-state index contributed by atoms with van der Waals surface area (Å²) in [6.45, 7) is 3.80. The molecule has 1 aliphatic heterocycles. The van der Waals surface area contributed by atoms with E-state index >= 15 is 0 Å². The van der Waals surface area contributed by atoms with Crippen LogP contribution >= 0.6 is 0 Å². The third-order valence-corrected chi connectivity index (χ3v) is 2.53. The second-order valence-corrected chi connectivity index (χ2v) is 3.58. The topological polar surface area (TPSA) is 35.5 Å². The van der Waals surface area contributed by atoms with Crippen LogP contribution in [0.15, 0.2) is 24.3 Å². The molecule has 1 aromatic rings. The van der Waals surface area contributed by atoms with E-state index in [0.717, 1.165) is 13.2 Å². The predicted octanol–water partition coefficient (Wildman–Crippen LogP) is 1.98. The molecule has 0 saturated carbocycles. The van der Waals surface area contributed by atoms with Crippen molar-refractivity contribution >= 4 is 5.97 Å². The Kier molecular flexibility index (Phi) is 3.02. The third kappa shape index (κ3) is 2.18. The number of hydrogen-bond acceptors (Lipinski definition) is 3. The summed E-state index contributed by atoms with van der Waals surface area (Å²) < 4.78 is 10.0. The van der Waals surface area contributed by atoms with Crippen molar-refractivity contribution in [3.8, 4) is 0 Å². The molecule has 15 heavy (non-hydrogen) atoms. The maximum Gasteiger partial charge on any atom is 0.338 e. The highest BCUT2D eigenvalue weighted by atomic mass is 16.5.